The van der Waals surface area contributed by atoms with Gasteiger partial charge in [-0.3, -0.25) is 19.5 Å². The number of aromatic nitrogens is 2. The fourth-order valence-electron chi connectivity index (χ4n) is 4.63. The average molecular weight is 382 g/mol. The molecule has 1 aliphatic heterocycles. The summed E-state index contributed by atoms with van der Waals surface area (Å²) >= 11 is 0. The molecule has 2 aliphatic rings. The number of hydrogen-bond donors (Lipinski definition) is 3. The molecule has 3 N–H and O–H groups in total. The summed E-state index contributed by atoms with van der Waals surface area (Å²) in [5, 5.41) is 3.14. The van der Waals surface area contributed by atoms with Crippen molar-refractivity contribution in [3.05, 3.63) is 56.9 Å². The van der Waals surface area contributed by atoms with Crippen LogP contribution in [-0.4, -0.2) is 45.9 Å². The van der Waals surface area contributed by atoms with Gasteiger partial charge in [0, 0.05) is 23.8 Å². The van der Waals surface area contributed by atoms with Crippen molar-refractivity contribution >= 4 is 5.91 Å². The number of nitrogens with one attached hydrogen (secondary N) is 3. The topological polar surface area (TPSA) is 98.1 Å². The van der Waals surface area contributed by atoms with Crippen LogP contribution in [0.5, 0.6) is 0 Å². The van der Waals surface area contributed by atoms with Crippen LogP contribution < -0.4 is 16.6 Å². The Morgan fingerprint density at radius 3 is 2.57 bits per heavy atom. The van der Waals surface area contributed by atoms with Crippen LogP contribution in [0.3, 0.4) is 0 Å². The Labute approximate surface area is 163 Å². The Hall–Kier alpha value is -2.67. The molecule has 1 aromatic heterocycles. The summed E-state index contributed by atoms with van der Waals surface area (Å²) in [5.74, 6) is -0.131. The maximum atomic E-state index is 12.8. The summed E-state index contributed by atoms with van der Waals surface area (Å²) in [6.45, 7) is 2.91. The maximum absolute atomic E-state index is 12.8. The van der Waals surface area contributed by atoms with Crippen molar-refractivity contribution in [2.45, 2.75) is 44.1 Å². The zero-order valence-corrected chi connectivity index (χ0v) is 15.9. The van der Waals surface area contributed by atoms with E-state index in [0.717, 1.165) is 25.9 Å². The van der Waals surface area contributed by atoms with E-state index < -0.39 is 11.2 Å². The third kappa shape index (κ3) is 3.67. The summed E-state index contributed by atoms with van der Waals surface area (Å²) in [7, 11) is 0. The van der Waals surface area contributed by atoms with Crippen molar-refractivity contribution in [1.29, 1.82) is 0 Å². The first kappa shape index (κ1) is 18.7. The Bertz CT molecular complexity index is 966. The second-order valence-electron chi connectivity index (χ2n) is 7.87. The van der Waals surface area contributed by atoms with E-state index in [-0.39, 0.29) is 11.4 Å². The molecule has 0 bridgehead atoms. The molecule has 7 nitrogen and oxygen atoms in total. The first-order valence-corrected chi connectivity index (χ1v) is 10.0. The lowest BCUT2D eigenvalue weighted by atomic mass is 9.95. The lowest BCUT2D eigenvalue weighted by molar-refractivity contribution is 0.0860. The number of carbonyl (C=O) groups is 1. The molecule has 1 saturated carbocycles. The molecular formula is C21H26N4O3. The van der Waals surface area contributed by atoms with E-state index in [1.54, 1.807) is 24.3 Å². The predicted molar refractivity (Wildman–Crippen MR) is 107 cm³/mol. The van der Waals surface area contributed by atoms with Crippen LogP contribution in [-0.2, 0) is 0 Å². The largest absolute Gasteiger partial charge is 0.350 e. The minimum Gasteiger partial charge on any atom is -0.350 e. The van der Waals surface area contributed by atoms with E-state index in [2.05, 4.69) is 20.2 Å². The van der Waals surface area contributed by atoms with Crippen LogP contribution in [0.4, 0.5) is 0 Å². The summed E-state index contributed by atoms with van der Waals surface area (Å²) in [6, 6.07) is 6.94. The second kappa shape index (κ2) is 7.75. The van der Waals surface area contributed by atoms with Crippen LogP contribution in [0.15, 0.2) is 40.1 Å². The quantitative estimate of drug-likeness (QED) is 0.735. The number of hydrogen-bond acceptors (Lipinski definition) is 4. The summed E-state index contributed by atoms with van der Waals surface area (Å²) in [6.07, 6.45) is 8.57. The first-order chi connectivity index (χ1) is 13.6. The second-order valence-corrected chi connectivity index (χ2v) is 7.87. The number of aromatic amines is 2. The van der Waals surface area contributed by atoms with Gasteiger partial charge in [0.05, 0.1) is 5.56 Å². The SMILES string of the molecule is O=C(NCC1(N2CCCC2)CCCC1)c1cccc(-c2c[nH]c(=O)[nH]c2=O)c1. The number of rotatable bonds is 5. The third-order valence-electron chi connectivity index (χ3n) is 6.14. The minimum absolute atomic E-state index is 0.0971. The van der Waals surface area contributed by atoms with Crippen LogP contribution in [0, 0.1) is 0 Å². The van der Waals surface area contributed by atoms with Crippen LogP contribution >= 0.6 is 0 Å². The minimum atomic E-state index is -0.550. The Kier molecular flexibility index (Phi) is 5.17. The molecule has 0 unspecified atom stereocenters. The number of carbonyl (C=O) groups excluding carboxylic acids is 1. The van der Waals surface area contributed by atoms with Crippen molar-refractivity contribution in [3.8, 4) is 11.1 Å². The lowest BCUT2D eigenvalue weighted by Crippen LogP contribution is -2.53. The van der Waals surface area contributed by atoms with Crippen LogP contribution in [0.2, 0.25) is 0 Å². The highest BCUT2D eigenvalue weighted by atomic mass is 16.2. The molecule has 4 rings (SSSR count). The molecule has 2 fully saturated rings. The molecule has 1 saturated heterocycles. The van der Waals surface area contributed by atoms with Crippen molar-refractivity contribution in [2.75, 3.05) is 19.6 Å². The van der Waals surface area contributed by atoms with Crippen LogP contribution in [0.1, 0.15) is 48.9 Å². The van der Waals surface area contributed by atoms with E-state index in [9.17, 15) is 14.4 Å². The highest BCUT2D eigenvalue weighted by Gasteiger charge is 2.40. The van der Waals surface area contributed by atoms with Gasteiger partial charge in [0.15, 0.2) is 0 Å². The Morgan fingerprint density at radius 1 is 1.11 bits per heavy atom. The molecule has 1 aliphatic carbocycles. The van der Waals surface area contributed by atoms with Gasteiger partial charge in [0.1, 0.15) is 0 Å². The van der Waals surface area contributed by atoms with Crippen molar-refractivity contribution < 1.29 is 4.79 Å². The molecule has 1 aromatic carbocycles. The van der Waals surface area contributed by atoms with Crippen molar-refractivity contribution in [2.24, 2.45) is 0 Å². The highest BCUT2D eigenvalue weighted by Crippen LogP contribution is 2.37. The molecule has 2 aromatic rings. The zero-order valence-electron chi connectivity index (χ0n) is 15.9. The fraction of sp³-hybridized carbons (Fsp3) is 0.476. The van der Waals surface area contributed by atoms with E-state index in [4.69, 9.17) is 0 Å². The van der Waals surface area contributed by atoms with E-state index >= 15 is 0 Å². The van der Waals surface area contributed by atoms with Gasteiger partial charge in [0.25, 0.3) is 11.5 Å². The molecule has 148 valence electrons. The molecule has 1 amide bonds. The fourth-order valence-corrected chi connectivity index (χ4v) is 4.63. The van der Waals surface area contributed by atoms with Gasteiger partial charge in [-0.05, 0) is 56.5 Å². The van der Waals surface area contributed by atoms with E-state index in [1.165, 1.54) is 31.9 Å². The van der Waals surface area contributed by atoms with E-state index in [0.29, 0.717) is 23.2 Å². The molecule has 0 spiro atoms. The normalized spacial score (nSPS) is 19.0. The predicted octanol–water partition coefficient (Wildman–Crippen LogP) is 1.87. The Morgan fingerprint density at radius 2 is 1.86 bits per heavy atom. The maximum Gasteiger partial charge on any atom is 0.325 e. The van der Waals surface area contributed by atoms with Gasteiger partial charge in [-0.25, -0.2) is 4.79 Å². The van der Waals surface area contributed by atoms with Gasteiger partial charge in [-0.2, -0.15) is 0 Å². The van der Waals surface area contributed by atoms with Crippen molar-refractivity contribution in [1.82, 2.24) is 20.2 Å². The average Bonchev–Trinajstić information content (AvgIpc) is 3.39. The smallest absolute Gasteiger partial charge is 0.325 e. The van der Waals surface area contributed by atoms with Gasteiger partial charge in [-0.1, -0.05) is 25.0 Å². The molecule has 7 heteroatoms. The molecule has 0 radical (unpaired) electrons. The van der Waals surface area contributed by atoms with Crippen molar-refractivity contribution in [3.63, 3.8) is 0 Å². The highest BCUT2D eigenvalue weighted by molar-refractivity contribution is 5.95. The first-order valence-electron chi connectivity index (χ1n) is 10.0. The summed E-state index contributed by atoms with van der Waals surface area (Å²) < 4.78 is 0. The molecule has 2 heterocycles. The number of H-pyrrole nitrogens is 2. The number of likely N-dealkylation sites (tertiary alicyclic amines) is 1. The van der Waals surface area contributed by atoms with Gasteiger partial charge < -0.3 is 10.3 Å². The monoisotopic (exact) mass is 382 g/mol. The van der Waals surface area contributed by atoms with E-state index in [1.807, 2.05) is 0 Å². The van der Waals surface area contributed by atoms with Gasteiger partial charge in [-0.15, -0.1) is 0 Å². The number of nitrogens with zero attached hydrogens (tertiary/aromatic N) is 1. The van der Waals surface area contributed by atoms with Gasteiger partial charge >= 0.3 is 5.69 Å². The summed E-state index contributed by atoms with van der Waals surface area (Å²) in [4.78, 5) is 43.3. The third-order valence-corrected chi connectivity index (χ3v) is 6.14. The standard InChI is InChI=1S/C21H26N4O3/c26-18(23-14-21(8-1-2-9-21)25-10-3-4-11-25)16-7-5-6-15(12-16)17-13-22-20(28)24-19(17)27/h5-7,12-13H,1-4,8-11,14H2,(H,23,26)(H2,22,24,27,28). The summed E-state index contributed by atoms with van der Waals surface area (Å²) in [5.41, 5.74) is 0.517. The van der Waals surface area contributed by atoms with Gasteiger partial charge in [0.2, 0.25) is 0 Å². The molecule has 28 heavy (non-hydrogen) atoms. The molecule has 0 atom stereocenters. The molecular weight excluding hydrogens is 356 g/mol. The zero-order chi connectivity index (χ0) is 19.6. The number of amides is 1. The number of benzene rings is 1. The lowest BCUT2D eigenvalue weighted by Gasteiger charge is -2.39. The van der Waals surface area contributed by atoms with Crippen LogP contribution in [0.25, 0.3) is 11.1 Å². The Balaban J connectivity index is 1.50.